The molecule has 3 aromatic rings. The zero-order valence-corrected chi connectivity index (χ0v) is 18.3. The summed E-state index contributed by atoms with van der Waals surface area (Å²) in [6, 6.07) is 15.3. The van der Waals surface area contributed by atoms with Crippen LogP contribution in [0, 0.1) is 10.1 Å². The van der Waals surface area contributed by atoms with Crippen LogP contribution in [0.1, 0.15) is 26.3 Å². The van der Waals surface area contributed by atoms with Crippen molar-refractivity contribution in [3.05, 3.63) is 104 Å². The van der Waals surface area contributed by atoms with Gasteiger partial charge >= 0.3 is 0 Å². The first-order chi connectivity index (χ1) is 15.8. The molecule has 4 rings (SSSR count). The van der Waals surface area contributed by atoms with Gasteiger partial charge in [0.25, 0.3) is 17.5 Å². The first-order valence-electron chi connectivity index (χ1n) is 9.73. The van der Waals surface area contributed by atoms with Gasteiger partial charge in [0.05, 0.1) is 31.8 Å². The minimum atomic E-state index is -1.24. The van der Waals surface area contributed by atoms with Crippen molar-refractivity contribution in [3.8, 4) is 0 Å². The van der Waals surface area contributed by atoms with Crippen LogP contribution in [0.5, 0.6) is 0 Å². The first kappa shape index (κ1) is 22.4. The van der Waals surface area contributed by atoms with E-state index in [9.17, 15) is 24.5 Å². The maximum Gasteiger partial charge on any atom is 0.269 e. The van der Waals surface area contributed by atoms with Crippen LogP contribution < -0.4 is 5.32 Å². The lowest BCUT2D eigenvalue weighted by Crippen LogP contribution is -2.48. The third kappa shape index (κ3) is 4.30. The Morgan fingerprint density at radius 2 is 1.55 bits per heavy atom. The quantitative estimate of drug-likeness (QED) is 0.309. The normalized spacial score (nSPS) is 13.6. The summed E-state index contributed by atoms with van der Waals surface area (Å²) in [5.74, 6) is -1.86. The number of benzene rings is 3. The molecule has 0 saturated heterocycles. The molecule has 10 heteroatoms. The van der Waals surface area contributed by atoms with Gasteiger partial charge in [0, 0.05) is 18.6 Å². The van der Waals surface area contributed by atoms with Crippen LogP contribution in [0.3, 0.4) is 0 Å². The standard InChI is InChI=1S/C23H15Cl2N3O5/c24-17-6-3-7-18(20(17)25)26-21(29)19(12-13-8-10-14(11-9-13)28(32)33)27-22(30)15-4-1-2-5-16(15)23(27)31/h1-11,19H,12H2,(H,26,29)/t19-/m0/s1. The summed E-state index contributed by atoms with van der Waals surface area (Å²) in [5, 5.41) is 13.9. The van der Waals surface area contributed by atoms with Gasteiger partial charge in [-0.1, -0.05) is 53.5 Å². The Hall–Kier alpha value is -3.75. The number of rotatable bonds is 6. The van der Waals surface area contributed by atoms with Gasteiger partial charge in [-0.15, -0.1) is 0 Å². The Morgan fingerprint density at radius 1 is 0.939 bits per heavy atom. The molecule has 0 bridgehead atoms. The number of halogens is 2. The van der Waals surface area contributed by atoms with Crippen molar-refractivity contribution in [2.45, 2.75) is 12.5 Å². The predicted molar refractivity (Wildman–Crippen MR) is 123 cm³/mol. The largest absolute Gasteiger partial charge is 0.323 e. The number of hydrogen-bond donors (Lipinski definition) is 1. The number of nitro benzene ring substituents is 1. The van der Waals surface area contributed by atoms with Gasteiger partial charge in [0.1, 0.15) is 6.04 Å². The molecule has 8 nitrogen and oxygen atoms in total. The molecule has 0 radical (unpaired) electrons. The maximum absolute atomic E-state index is 13.3. The molecule has 0 aromatic heterocycles. The van der Waals surface area contributed by atoms with Crippen LogP contribution in [0.15, 0.2) is 66.7 Å². The van der Waals surface area contributed by atoms with E-state index in [0.29, 0.717) is 5.56 Å². The van der Waals surface area contributed by atoms with Gasteiger partial charge in [-0.3, -0.25) is 29.4 Å². The number of imide groups is 1. The van der Waals surface area contributed by atoms with E-state index in [4.69, 9.17) is 23.2 Å². The summed E-state index contributed by atoms with van der Waals surface area (Å²) in [6.45, 7) is 0. The molecule has 1 N–H and O–H groups in total. The lowest BCUT2D eigenvalue weighted by molar-refractivity contribution is -0.384. The van der Waals surface area contributed by atoms with Gasteiger partial charge in [0.2, 0.25) is 5.91 Å². The molecule has 3 aromatic carbocycles. The number of nitrogens with one attached hydrogen (secondary N) is 1. The second-order valence-electron chi connectivity index (χ2n) is 7.26. The van der Waals surface area contributed by atoms with Crippen LogP contribution >= 0.6 is 23.2 Å². The highest BCUT2D eigenvalue weighted by atomic mass is 35.5. The molecular weight excluding hydrogens is 469 g/mol. The number of nitrogens with zero attached hydrogens (tertiary/aromatic N) is 2. The average Bonchev–Trinajstić information content (AvgIpc) is 3.06. The van der Waals surface area contributed by atoms with E-state index in [1.807, 2.05) is 0 Å². The van der Waals surface area contributed by atoms with E-state index in [1.54, 1.807) is 24.3 Å². The van der Waals surface area contributed by atoms with Crippen molar-refractivity contribution in [2.75, 3.05) is 5.32 Å². The zero-order chi connectivity index (χ0) is 23.7. The number of hydrogen-bond acceptors (Lipinski definition) is 5. The van der Waals surface area contributed by atoms with Crippen molar-refractivity contribution < 1.29 is 19.3 Å². The predicted octanol–water partition coefficient (Wildman–Crippen LogP) is 4.75. The zero-order valence-electron chi connectivity index (χ0n) is 16.8. The fourth-order valence-electron chi connectivity index (χ4n) is 3.59. The molecule has 0 spiro atoms. The van der Waals surface area contributed by atoms with Crippen LogP contribution in [0.2, 0.25) is 10.0 Å². The van der Waals surface area contributed by atoms with Crippen molar-refractivity contribution in [2.24, 2.45) is 0 Å². The fourth-order valence-corrected chi connectivity index (χ4v) is 3.93. The molecule has 1 atom stereocenters. The summed E-state index contributed by atoms with van der Waals surface area (Å²) in [5.41, 5.74) is 1.02. The monoisotopic (exact) mass is 483 g/mol. The smallest absolute Gasteiger partial charge is 0.269 e. The number of carbonyl (C=O) groups excluding carboxylic acids is 3. The summed E-state index contributed by atoms with van der Waals surface area (Å²) in [6.07, 6.45) is -0.0620. The number of fused-ring (bicyclic) bond motifs is 1. The Morgan fingerprint density at radius 3 is 2.12 bits per heavy atom. The lowest BCUT2D eigenvalue weighted by Gasteiger charge is -2.26. The van der Waals surface area contributed by atoms with Crippen LogP contribution in [0.25, 0.3) is 0 Å². The van der Waals surface area contributed by atoms with E-state index >= 15 is 0 Å². The minimum Gasteiger partial charge on any atom is -0.323 e. The number of nitro groups is 1. The van der Waals surface area contributed by atoms with E-state index < -0.39 is 28.7 Å². The molecule has 33 heavy (non-hydrogen) atoms. The molecule has 3 amide bonds. The minimum absolute atomic E-state index is 0.0620. The summed E-state index contributed by atoms with van der Waals surface area (Å²) in [7, 11) is 0. The van der Waals surface area contributed by atoms with E-state index in [0.717, 1.165) is 4.90 Å². The van der Waals surface area contributed by atoms with Crippen molar-refractivity contribution in [1.29, 1.82) is 0 Å². The SMILES string of the molecule is O=C(Nc1cccc(Cl)c1Cl)[C@H](Cc1ccc([N+](=O)[O-])cc1)N1C(=O)c2ccccc2C1=O. The van der Waals surface area contributed by atoms with Crippen molar-refractivity contribution >= 4 is 52.3 Å². The summed E-state index contributed by atoms with van der Waals surface area (Å²) in [4.78, 5) is 50.7. The van der Waals surface area contributed by atoms with E-state index in [1.165, 1.54) is 42.5 Å². The topological polar surface area (TPSA) is 110 Å². The van der Waals surface area contributed by atoms with Gasteiger partial charge in [-0.25, -0.2) is 0 Å². The van der Waals surface area contributed by atoms with Crippen LogP contribution in [-0.4, -0.2) is 33.6 Å². The Kier molecular flexibility index (Phi) is 6.13. The number of amides is 3. The molecule has 0 aliphatic carbocycles. The molecule has 1 aliphatic rings. The average molecular weight is 484 g/mol. The summed E-state index contributed by atoms with van der Waals surface area (Å²) >= 11 is 12.2. The maximum atomic E-state index is 13.3. The van der Waals surface area contributed by atoms with Gasteiger partial charge in [-0.2, -0.15) is 0 Å². The Bertz CT molecular complexity index is 1260. The second-order valence-corrected chi connectivity index (χ2v) is 8.05. The Labute approximate surface area is 197 Å². The molecule has 0 saturated carbocycles. The third-order valence-electron chi connectivity index (χ3n) is 5.23. The van der Waals surface area contributed by atoms with Crippen molar-refractivity contribution in [1.82, 2.24) is 4.90 Å². The highest BCUT2D eigenvalue weighted by molar-refractivity contribution is 6.44. The summed E-state index contributed by atoms with van der Waals surface area (Å²) < 4.78 is 0. The van der Waals surface area contributed by atoms with Crippen molar-refractivity contribution in [3.63, 3.8) is 0 Å². The van der Waals surface area contributed by atoms with Crippen LogP contribution in [0.4, 0.5) is 11.4 Å². The van der Waals surface area contributed by atoms with Gasteiger partial charge in [0.15, 0.2) is 0 Å². The number of non-ortho nitro benzene ring substituents is 1. The molecule has 166 valence electrons. The highest BCUT2D eigenvalue weighted by Gasteiger charge is 2.42. The lowest BCUT2D eigenvalue weighted by atomic mass is 10.0. The van der Waals surface area contributed by atoms with E-state index in [2.05, 4.69) is 5.32 Å². The fraction of sp³-hybridized carbons (Fsp3) is 0.0870. The molecule has 1 heterocycles. The van der Waals surface area contributed by atoms with Crippen LogP contribution in [-0.2, 0) is 11.2 Å². The first-order valence-corrected chi connectivity index (χ1v) is 10.5. The van der Waals surface area contributed by atoms with Gasteiger partial charge in [-0.05, 0) is 29.8 Å². The molecule has 0 fully saturated rings. The molecular formula is C23H15Cl2N3O5. The number of anilines is 1. The highest BCUT2D eigenvalue weighted by Crippen LogP contribution is 2.31. The van der Waals surface area contributed by atoms with E-state index in [-0.39, 0.29) is 39.0 Å². The molecule has 0 unspecified atom stereocenters. The second kappa shape index (κ2) is 9.01. The molecule has 1 aliphatic heterocycles. The Balaban J connectivity index is 1.70. The third-order valence-corrected chi connectivity index (χ3v) is 6.04. The van der Waals surface area contributed by atoms with Gasteiger partial charge < -0.3 is 5.32 Å². The number of carbonyl (C=O) groups is 3.